The van der Waals surface area contributed by atoms with Crippen LogP contribution in [0.15, 0.2) is 0 Å². The summed E-state index contributed by atoms with van der Waals surface area (Å²) in [7, 11) is 0. The lowest BCUT2D eigenvalue weighted by atomic mass is 9.93. The molecule has 2 unspecified atom stereocenters. The molecule has 0 aliphatic carbocycles. The van der Waals surface area contributed by atoms with E-state index in [9.17, 15) is 4.79 Å². The highest BCUT2D eigenvalue weighted by molar-refractivity contribution is 5.70. The van der Waals surface area contributed by atoms with Crippen molar-refractivity contribution in [2.24, 2.45) is 5.92 Å². The molecule has 0 aromatic rings. The molecule has 1 aliphatic heterocycles. The number of piperidine rings is 1. The maximum absolute atomic E-state index is 11.0. The van der Waals surface area contributed by atoms with Crippen LogP contribution in [0.1, 0.15) is 33.6 Å². The van der Waals surface area contributed by atoms with Gasteiger partial charge in [-0.05, 0) is 39.2 Å². The molecule has 0 radical (unpaired) electrons. The SMILES string of the molecule is CCOC(=O)COCCN1CCC(C)CC1C. The van der Waals surface area contributed by atoms with Crippen LogP contribution in [0.25, 0.3) is 0 Å². The van der Waals surface area contributed by atoms with E-state index in [4.69, 9.17) is 9.47 Å². The van der Waals surface area contributed by atoms with Crippen LogP contribution in [0.4, 0.5) is 0 Å². The Hall–Kier alpha value is -0.610. The van der Waals surface area contributed by atoms with Crippen LogP contribution in [0.3, 0.4) is 0 Å². The van der Waals surface area contributed by atoms with Crippen LogP contribution < -0.4 is 0 Å². The fraction of sp³-hybridized carbons (Fsp3) is 0.923. The van der Waals surface area contributed by atoms with Crippen LogP contribution in [0.5, 0.6) is 0 Å². The molecule has 1 fully saturated rings. The van der Waals surface area contributed by atoms with Gasteiger partial charge in [-0.1, -0.05) is 6.92 Å². The second-order valence-corrected chi connectivity index (χ2v) is 4.87. The zero-order chi connectivity index (χ0) is 12.7. The summed E-state index contributed by atoms with van der Waals surface area (Å²) in [6, 6.07) is 0.630. The molecular weight excluding hydrogens is 218 g/mol. The summed E-state index contributed by atoms with van der Waals surface area (Å²) in [6.45, 7) is 9.53. The summed E-state index contributed by atoms with van der Waals surface area (Å²) in [5.41, 5.74) is 0. The molecule has 1 aliphatic rings. The molecule has 0 aromatic carbocycles. The first-order valence-electron chi connectivity index (χ1n) is 6.61. The van der Waals surface area contributed by atoms with Gasteiger partial charge in [-0.3, -0.25) is 4.90 Å². The van der Waals surface area contributed by atoms with Crippen molar-refractivity contribution in [2.45, 2.75) is 39.7 Å². The fourth-order valence-electron chi connectivity index (χ4n) is 2.33. The highest BCUT2D eigenvalue weighted by Crippen LogP contribution is 2.21. The van der Waals surface area contributed by atoms with Gasteiger partial charge in [-0.15, -0.1) is 0 Å². The van der Waals surface area contributed by atoms with E-state index in [1.54, 1.807) is 6.92 Å². The van der Waals surface area contributed by atoms with E-state index in [2.05, 4.69) is 18.7 Å². The maximum Gasteiger partial charge on any atom is 0.332 e. The number of hydrogen-bond acceptors (Lipinski definition) is 4. The molecule has 4 heteroatoms. The molecular formula is C13H25NO3. The first-order valence-corrected chi connectivity index (χ1v) is 6.61. The molecule has 0 saturated carbocycles. The number of rotatable bonds is 6. The van der Waals surface area contributed by atoms with E-state index in [-0.39, 0.29) is 12.6 Å². The molecule has 1 saturated heterocycles. The number of hydrogen-bond donors (Lipinski definition) is 0. The zero-order valence-electron chi connectivity index (χ0n) is 11.3. The normalized spacial score (nSPS) is 25.8. The Bertz CT molecular complexity index is 233. The third kappa shape index (κ3) is 5.50. The number of carbonyl (C=O) groups excluding carboxylic acids is 1. The molecule has 2 atom stereocenters. The fourth-order valence-corrected chi connectivity index (χ4v) is 2.33. The van der Waals surface area contributed by atoms with E-state index < -0.39 is 0 Å². The third-order valence-corrected chi connectivity index (χ3v) is 3.32. The van der Waals surface area contributed by atoms with Crippen molar-refractivity contribution < 1.29 is 14.3 Å². The second kappa shape index (κ2) is 7.67. The van der Waals surface area contributed by atoms with Crippen molar-refractivity contribution in [2.75, 3.05) is 32.9 Å². The number of esters is 1. The van der Waals surface area contributed by atoms with Crippen molar-refractivity contribution in [1.29, 1.82) is 0 Å². The third-order valence-electron chi connectivity index (χ3n) is 3.32. The topological polar surface area (TPSA) is 38.8 Å². The smallest absolute Gasteiger partial charge is 0.332 e. The first-order chi connectivity index (χ1) is 8.13. The minimum absolute atomic E-state index is 0.0759. The predicted octanol–water partition coefficient (Wildman–Crippen LogP) is 1.69. The molecule has 0 amide bonds. The van der Waals surface area contributed by atoms with Crippen molar-refractivity contribution in [3.63, 3.8) is 0 Å². The maximum atomic E-state index is 11.0. The minimum atomic E-state index is -0.271. The summed E-state index contributed by atoms with van der Waals surface area (Å²) >= 11 is 0. The van der Waals surface area contributed by atoms with E-state index in [1.807, 2.05) is 0 Å². The van der Waals surface area contributed by atoms with Crippen LogP contribution in [0.2, 0.25) is 0 Å². The monoisotopic (exact) mass is 243 g/mol. The van der Waals surface area contributed by atoms with Gasteiger partial charge in [0.15, 0.2) is 0 Å². The molecule has 0 N–H and O–H groups in total. The van der Waals surface area contributed by atoms with Gasteiger partial charge in [0, 0.05) is 12.6 Å². The molecule has 0 aromatic heterocycles. The van der Waals surface area contributed by atoms with Crippen molar-refractivity contribution in [1.82, 2.24) is 4.90 Å². The Balaban J connectivity index is 2.08. The number of likely N-dealkylation sites (tertiary alicyclic amines) is 1. The molecule has 0 spiro atoms. The van der Waals surface area contributed by atoms with Gasteiger partial charge in [-0.2, -0.15) is 0 Å². The standard InChI is InChI=1S/C13H25NO3/c1-4-17-13(15)10-16-8-7-14-6-5-11(2)9-12(14)3/h11-12H,4-10H2,1-3H3. The Labute approximate surface area is 104 Å². The summed E-state index contributed by atoms with van der Waals surface area (Å²) in [4.78, 5) is 13.5. The van der Waals surface area contributed by atoms with Crippen LogP contribution in [-0.4, -0.2) is 49.8 Å². The average Bonchev–Trinajstić information content (AvgIpc) is 2.27. The van der Waals surface area contributed by atoms with Crippen LogP contribution in [0, 0.1) is 5.92 Å². The van der Waals surface area contributed by atoms with Gasteiger partial charge < -0.3 is 9.47 Å². The summed E-state index contributed by atoms with van der Waals surface area (Å²) < 4.78 is 10.1. The molecule has 4 nitrogen and oxygen atoms in total. The molecule has 1 rings (SSSR count). The van der Waals surface area contributed by atoms with Crippen molar-refractivity contribution >= 4 is 5.97 Å². The predicted molar refractivity (Wildman–Crippen MR) is 66.9 cm³/mol. The Morgan fingerprint density at radius 1 is 1.41 bits per heavy atom. The summed E-state index contributed by atoms with van der Waals surface area (Å²) in [5.74, 6) is 0.564. The number of nitrogens with zero attached hydrogens (tertiary/aromatic N) is 1. The lowest BCUT2D eigenvalue weighted by Crippen LogP contribution is -2.42. The number of ether oxygens (including phenoxy) is 2. The Morgan fingerprint density at radius 3 is 2.82 bits per heavy atom. The van der Waals surface area contributed by atoms with Gasteiger partial charge in [-0.25, -0.2) is 4.79 Å². The van der Waals surface area contributed by atoms with Crippen molar-refractivity contribution in [3.8, 4) is 0 Å². The Morgan fingerprint density at radius 2 is 2.18 bits per heavy atom. The van der Waals surface area contributed by atoms with Crippen LogP contribution >= 0.6 is 0 Å². The molecule has 0 bridgehead atoms. The van der Waals surface area contributed by atoms with Crippen LogP contribution in [-0.2, 0) is 14.3 Å². The van der Waals surface area contributed by atoms with Gasteiger partial charge in [0.1, 0.15) is 6.61 Å². The number of carbonyl (C=O) groups is 1. The summed E-state index contributed by atoms with van der Waals surface area (Å²) in [5, 5.41) is 0. The average molecular weight is 243 g/mol. The summed E-state index contributed by atoms with van der Waals surface area (Å²) in [6.07, 6.45) is 2.53. The highest BCUT2D eigenvalue weighted by Gasteiger charge is 2.22. The molecule has 17 heavy (non-hydrogen) atoms. The first kappa shape index (κ1) is 14.5. The van der Waals surface area contributed by atoms with Gasteiger partial charge in [0.05, 0.1) is 13.2 Å². The van der Waals surface area contributed by atoms with E-state index in [1.165, 1.54) is 12.8 Å². The molecule has 100 valence electrons. The van der Waals surface area contributed by atoms with E-state index >= 15 is 0 Å². The lowest BCUT2D eigenvalue weighted by Gasteiger charge is -2.36. The highest BCUT2D eigenvalue weighted by atomic mass is 16.6. The Kier molecular flexibility index (Phi) is 6.52. The zero-order valence-corrected chi connectivity index (χ0v) is 11.3. The molecule has 1 heterocycles. The minimum Gasteiger partial charge on any atom is -0.464 e. The quantitative estimate of drug-likeness (QED) is 0.525. The lowest BCUT2D eigenvalue weighted by molar-refractivity contribution is -0.148. The largest absolute Gasteiger partial charge is 0.464 e. The van der Waals surface area contributed by atoms with E-state index in [0.29, 0.717) is 19.3 Å². The van der Waals surface area contributed by atoms with E-state index in [0.717, 1.165) is 19.0 Å². The second-order valence-electron chi connectivity index (χ2n) is 4.87. The van der Waals surface area contributed by atoms with Gasteiger partial charge >= 0.3 is 5.97 Å². The van der Waals surface area contributed by atoms with Crippen molar-refractivity contribution in [3.05, 3.63) is 0 Å². The van der Waals surface area contributed by atoms with Gasteiger partial charge in [0.2, 0.25) is 0 Å². The van der Waals surface area contributed by atoms with Gasteiger partial charge in [0.25, 0.3) is 0 Å².